The van der Waals surface area contributed by atoms with Gasteiger partial charge >= 0.3 is 11.8 Å². The molecule has 3 rings (SSSR count). The molecule has 0 saturated carbocycles. The van der Waals surface area contributed by atoms with Gasteiger partial charge in [0.1, 0.15) is 0 Å². The lowest BCUT2D eigenvalue weighted by molar-refractivity contribution is -0.136. The minimum absolute atomic E-state index is 0.216. The van der Waals surface area contributed by atoms with Crippen LogP contribution in [0.3, 0.4) is 0 Å². The summed E-state index contributed by atoms with van der Waals surface area (Å²) in [6, 6.07) is 12.3. The quantitative estimate of drug-likeness (QED) is 0.651. The zero-order chi connectivity index (χ0) is 23.3. The fraction of sp³-hybridized carbons (Fsp3) is 0.417. The van der Waals surface area contributed by atoms with E-state index in [2.05, 4.69) is 10.6 Å². The number of para-hydroxylation sites is 1. The third-order valence-corrected chi connectivity index (χ3v) is 8.00. The Morgan fingerprint density at radius 2 is 1.66 bits per heavy atom. The number of hydrogen-bond donors (Lipinski definition) is 2. The number of nitrogens with zero attached hydrogens (tertiary/aromatic N) is 1. The van der Waals surface area contributed by atoms with Crippen LogP contribution < -0.4 is 10.6 Å². The van der Waals surface area contributed by atoms with Crippen molar-refractivity contribution < 1.29 is 18.0 Å². The number of nitrogens with one attached hydrogen (secondary N) is 2. The highest BCUT2D eigenvalue weighted by Crippen LogP contribution is 2.31. The zero-order valence-electron chi connectivity index (χ0n) is 18.8. The molecule has 0 radical (unpaired) electrons. The van der Waals surface area contributed by atoms with E-state index in [4.69, 9.17) is 0 Å². The maximum absolute atomic E-state index is 13.5. The number of carbonyl (C=O) groups is 2. The van der Waals surface area contributed by atoms with Crippen LogP contribution in [0.1, 0.15) is 42.4 Å². The fourth-order valence-corrected chi connectivity index (χ4v) is 6.55. The third-order valence-electron chi connectivity index (χ3n) is 5.75. The summed E-state index contributed by atoms with van der Waals surface area (Å²) in [5, 5.41) is 5.16. The molecule has 8 heteroatoms. The Bertz CT molecular complexity index is 1060. The highest BCUT2D eigenvalue weighted by Gasteiger charge is 2.35. The van der Waals surface area contributed by atoms with E-state index < -0.39 is 21.8 Å². The average molecular weight is 458 g/mol. The van der Waals surface area contributed by atoms with Crippen LogP contribution in [0.25, 0.3) is 0 Å². The summed E-state index contributed by atoms with van der Waals surface area (Å²) in [6.45, 7) is 6.30. The summed E-state index contributed by atoms with van der Waals surface area (Å²) >= 11 is 0. The van der Waals surface area contributed by atoms with Crippen molar-refractivity contribution in [2.45, 2.75) is 57.4 Å². The van der Waals surface area contributed by atoms with E-state index in [0.717, 1.165) is 36.0 Å². The molecule has 2 aromatic rings. The summed E-state index contributed by atoms with van der Waals surface area (Å²) in [5.74, 6) is -1.47. The Hall–Kier alpha value is -2.71. The number of aryl methyl sites for hydroxylation is 3. The molecule has 0 spiro atoms. The third kappa shape index (κ3) is 5.55. The van der Waals surface area contributed by atoms with E-state index in [1.807, 2.05) is 39.0 Å². The Labute approximate surface area is 190 Å². The number of benzene rings is 2. The number of rotatable bonds is 6. The molecule has 2 aromatic carbocycles. The molecule has 1 aliphatic rings. The summed E-state index contributed by atoms with van der Waals surface area (Å²) in [7, 11) is -3.66. The van der Waals surface area contributed by atoms with Crippen LogP contribution in [0.4, 0.5) is 5.69 Å². The first-order chi connectivity index (χ1) is 15.2. The van der Waals surface area contributed by atoms with E-state index in [-0.39, 0.29) is 12.6 Å². The molecule has 0 aromatic heterocycles. The molecule has 1 unspecified atom stereocenters. The highest BCUT2D eigenvalue weighted by molar-refractivity contribution is 7.89. The van der Waals surface area contributed by atoms with Crippen molar-refractivity contribution in [2.75, 3.05) is 18.4 Å². The molecule has 1 atom stereocenters. The first-order valence-corrected chi connectivity index (χ1v) is 12.4. The van der Waals surface area contributed by atoms with E-state index in [0.29, 0.717) is 23.5 Å². The van der Waals surface area contributed by atoms with Crippen LogP contribution >= 0.6 is 0 Å². The number of carbonyl (C=O) groups excluding carboxylic acids is 2. The SMILES string of the molecule is Cc1cc(C)c(S(=O)(=O)N2CCCCC2CCNC(=O)C(=O)Nc2ccccc2)c(C)c1. The monoisotopic (exact) mass is 457 g/mol. The standard InChI is InChI=1S/C24H31N3O4S/c1-17-15-18(2)22(19(3)16-17)32(30,31)27-14-8-7-11-21(27)12-13-25-23(28)24(29)26-20-9-5-4-6-10-20/h4-6,9-10,15-16,21H,7-8,11-14H2,1-3H3,(H,25,28)(H,26,29). The van der Waals surface area contributed by atoms with Gasteiger partial charge in [0.15, 0.2) is 0 Å². The van der Waals surface area contributed by atoms with Gasteiger partial charge in [-0.15, -0.1) is 0 Å². The predicted molar refractivity (Wildman–Crippen MR) is 125 cm³/mol. The van der Waals surface area contributed by atoms with Gasteiger partial charge < -0.3 is 10.6 Å². The van der Waals surface area contributed by atoms with Crippen LogP contribution in [0, 0.1) is 20.8 Å². The summed E-state index contributed by atoms with van der Waals surface area (Å²) < 4.78 is 28.6. The maximum Gasteiger partial charge on any atom is 0.313 e. The van der Waals surface area contributed by atoms with Crippen molar-refractivity contribution in [1.29, 1.82) is 0 Å². The molecule has 2 amide bonds. The van der Waals surface area contributed by atoms with E-state index >= 15 is 0 Å². The van der Waals surface area contributed by atoms with Gasteiger partial charge in [-0.3, -0.25) is 9.59 Å². The molecule has 1 fully saturated rings. The number of hydrogen-bond acceptors (Lipinski definition) is 4. The lowest BCUT2D eigenvalue weighted by atomic mass is 10.0. The lowest BCUT2D eigenvalue weighted by Gasteiger charge is -2.35. The summed E-state index contributed by atoms with van der Waals surface area (Å²) in [4.78, 5) is 24.6. The number of sulfonamides is 1. The van der Waals surface area contributed by atoms with Gasteiger partial charge in [-0.25, -0.2) is 8.42 Å². The zero-order valence-corrected chi connectivity index (χ0v) is 19.7. The fourth-order valence-electron chi connectivity index (χ4n) is 4.41. The number of anilines is 1. The second-order valence-electron chi connectivity index (χ2n) is 8.36. The van der Waals surface area contributed by atoms with Crippen LogP contribution in [0.2, 0.25) is 0 Å². The van der Waals surface area contributed by atoms with Crippen LogP contribution in [-0.4, -0.2) is 43.7 Å². The van der Waals surface area contributed by atoms with Crippen molar-refractivity contribution in [3.63, 3.8) is 0 Å². The molecule has 32 heavy (non-hydrogen) atoms. The van der Waals surface area contributed by atoms with Crippen molar-refractivity contribution in [3.05, 3.63) is 59.2 Å². The van der Waals surface area contributed by atoms with Gasteiger partial charge in [0, 0.05) is 24.8 Å². The Kier molecular flexibility index (Phi) is 7.69. The smallest absolute Gasteiger partial charge is 0.313 e. The Balaban J connectivity index is 1.64. The number of piperidine rings is 1. The van der Waals surface area contributed by atoms with Gasteiger partial charge in [-0.1, -0.05) is 42.3 Å². The number of amides is 2. The van der Waals surface area contributed by atoms with Crippen molar-refractivity contribution >= 4 is 27.5 Å². The molecule has 1 heterocycles. The summed E-state index contributed by atoms with van der Waals surface area (Å²) in [5.41, 5.74) is 3.07. The van der Waals surface area contributed by atoms with Crippen molar-refractivity contribution in [1.82, 2.24) is 9.62 Å². The average Bonchev–Trinajstić information content (AvgIpc) is 2.73. The normalized spacial score (nSPS) is 17.0. The van der Waals surface area contributed by atoms with Gasteiger partial charge in [0.05, 0.1) is 4.90 Å². The summed E-state index contributed by atoms with van der Waals surface area (Å²) in [6.07, 6.45) is 2.93. The molecule has 0 aliphatic carbocycles. The second-order valence-corrected chi connectivity index (χ2v) is 10.2. The maximum atomic E-state index is 13.5. The second kappa shape index (κ2) is 10.3. The topological polar surface area (TPSA) is 95.6 Å². The van der Waals surface area contributed by atoms with Crippen molar-refractivity contribution in [2.24, 2.45) is 0 Å². The Morgan fingerprint density at radius 3 is 2.31 bits per heavy atom. The first kappa shape index (κ1) is 23.9. The first-order valence-electron chi connectivity index (χ1n) is 10.9. The molecular weight excluding hydrogens is 426 g/mol. The van der Waals surface area contributed by atoms with Crippen LogP contribution in [0.5, 0.6) is 0 Å². The Morgan fingerprint density at radius 1 is 1.00 bits per heavy atom. The molecule has 172 valence electrons. The van der Waals surface area contributed by atoms with Crippen LogP contribution in [0.15, 0.2) is 47.4 Å². The predicted octanol–water partition coefficient (Wildman–Crippen LogP) is 3.30. The van der Waals surface area contributed by atoms with E-state index in [1.54, 1.807) is 28.6 Å². The van der Waals surface area contributed by atoms with Crippen LogP contribution in [-0.2, 0) is 19.6 Å². The minimum atomic E-state index is -3.66. The molecule has 7 nitrogen and oxygen atoms in total. The molecule has 1 aliphatic heterocycles. The molecular formula is C24H31N3O4S. The van der Waals surface area contributed by atoms with E-state index in [9.17, 15) is 18.0 Å². The van der Waals surface area contributed by atoms with Crippen molar-refractivity contribution in [3.8, 4) is 0 Å². The van der Waals surface area contributed by atoms with Gasteiger partial charge in [-0.05, 0) is 63.3 Å². The molecule has 1 saturated heterocycles. The van der Waals surface area contributed by atoms with Gasteiger partial charge in [0.25, 0.3) is 0 Å². The molecule has 0 bridgehead atoms. The lowest BCUT2D eigenvalue weighted by Crippen LogP contribution is -2.46. The molecule has 2 N–H and O–H groups in total. The van der Waals surface area contributed by atoms with E-state index in [1.165, 1.54) is 0 Å². The van der Waals surface area contributed by atoms with Gasteiger partial charge in [0.2, 0.25) is 10.0 Å². The van der Waals surface area contributed by atoms with Gasteiger partial charge in [-0.2, -0.15) is 4.31 Å². The largest absolute Gasteiger partial charge is 0.348 e. The highest BCUT2D eigenvalue weighted by atomic mass is 32.2. The minimum Gasteiger partial charge on any atom is -0.348 e.